The highest BCUT2D eigenvalue weighted by Crippen LogP contribution is 2.11. The van der Waals surface area contributed by atoms with Crippen molar-refractivity contribution in [3.05, 3.63) is 30.1 Å². The topological polar surface area (TPSA) is 20.2 Å². The molecule has 45 valence electrons. The van der Waals surface area contributed by atoms with E-state index in [0.29, 0.717) is 0 Å². The van der Waals surface area contributed by atoms with E-state index in [2.05, 4.69) is 0 Å². The van der Waals surface area contributed by atoms with Crippen LogP contribution in [0.5, 0.6) is 5.75 Å². The van der Waals surface area contributed by atoms with Crippen molar-refractivity contribution in [1.29, 1.82) is 0 Å². The highest BCUT2D eigenvalue weighted by Gasteiger charge is 1.91. The highest BCUT2D eigenvalue weighted by molar-refractivity contribution is 5.75. The summed E-state index contributed by atoms with van der Waals surface area (Å²) in [4.78, 5) is 0. The Hall–Kier alpha value is -0.985. The van der Waals surface area contributed by atoms with Crippen molar-refractivity contribution < 1.29 is 9.50 Å². The summed E-state index contributed by atoms with van der Waals surface area (Å²) in [6, 6.07) is 5.60. The summed E-state index contributed by atoms with van der Waals surface area (Å²) in [5, 5.41) is 8.54. The third-order valence-corrected chi connectivity index (χ3v) is 0.852. The van der Waals surface area contributed by atoms with E-state index in [4.69, 9.17) is 5.11 Å². The van der Waals surface area contributed by atoms with Crippen LogP contribution < -0.4 is 0 Å². The molecule has 9 heavy (non-hydrogen) atoms. The molecule has 1 rings (SSSR count). The number of hydrogen-bond acceptors (Lipinski definition) is 1. The van der Waals surface area contributed by atoms with Gasteiger partial charge < -0.3 is 5.11 Å². The molecule has 0 saturated heterocycles. The lowest BCUT2D eigenvalue weighted by atomic mass is 10.3. The summed E-state index contributed by atoms with van der Waals surface area (Å²) in [7, 11) is 0. The Labute approximate surface area is 54.7 Å². The van der Waals surface area contributed by atoms with E-state index in [1.165, 1.54) is 18.2 Å². The minimum absolute atomic E-state index is 0. The highest BCUT2D eigenvalue weighted by atomic mass is 19.1. The van der Waals surface area contributed by atoms with Gasteiger partial charge in [-0.15, -0.1) is 0 Å². The molecule has 0 aliphatic heterocycles. The Bertz CT molecular complexity index is 169. The van der Waals surface area contributed by atoms with Crippen LogP contribution in [0, 0.1) is 5.82 Å². The van der Waals surface area contributed by atoms with Crippen molar-refractivity contribution in [2.75, 3.05) is 0 Å². The molecule has 3 heteroatoms. The van der Waals surface area contributed by atoms with Gasteiger partial charge in [0.2, 0.25) is 0 Å². The molecule has 0 heterocycles. The molecule has 0 aliphatic rings. The van der Waals surface area contributed by atoms with Gasteiger partial charge in [-0.3, -0.25) is 0 Å². The third-order valence-electron chi connectivity index (χ3n) is 0.852. The molecule has 0 bridgehead atoms. The van der Waals surface area contributed by atoms with Gasteiger partial charge in [0.15, 0.2) is 11.6 Å². The lowest BCUT2D eigenvalue weighted by Gasteiger charge is -1.88. The zero-order valence-corrected chi connectivity index (χ0v) is 4.71. The second-order valence-electron chi connectivity index (χ2n) is 1.45. The molecule has 0 atom stereocenters. The number of benzene rings is 1. The number of halogens is 1. The Kier molecular flexibility index (Phi) is 2.78. The van der Waals surface area contributed by atoms with Crippen molar-refractivity contribution in [2.45, 2.75) is 0 Å². The Morgan fingerprint density at radius 2 is 1.78 bits per heavy atom. The predicted octanol–water partition coefficient (Wildman–Crippen LogP) is 1.15. The summed E-state index contributed by atoms with van der Waals surface area (Å²) in [6.45, 7) is 0. The van der Waals surface area contributed by atoms with Gasteiger partial charge in [0.25, 0.3) is 0 Å². The monoisotopic (exact) mass is 123 g/mol. The summed E-state index contributed by atoms with van der Waals surface area (Å²) < 4.78 is 12.1. The summed E-state index contributed by atoms with van der Waals surface area (Å²) in [6.07, 6.45) is 0. The number of hydrogen-bond donors (Lipinski definition) is 1. The largest absolute Gasteiger partial charge is 0.505 e. The molecule has 1 nitrogen and oxygen atoms in total. The molecule has 0 unspecified atom stereocenters. The van der Waals surface area contributed by atoms with E-state index in [-0.39, 0.29) is 14.2 Å². The molecular formula is C6H5BFO. The molecule has 3 radical (unpaired) electrons. The van der Waals surface area contributed by atoms with E-state index in [0.717, 1.165) is 0 Å². The van der Waals surface area contributed by atoms with E-state index < -0.39 is 5.82 Å². The number of para-hydroxylation sites is 1. The third kappa shape index (κ3) is 1.76. The van der Waals surface area contributed by atoms with Gasteiger partial charge in [-0.25, -0.2) is 4.39 Å². The molecule has 1 aromatic carbocycles. The number of aromatic hydroxyl groups is 1. The van der Waals surface area contributed by atoms with Crippen LogP contribution in [0.1, 0.15) is 0 Å². The second-order valence-corrected chi connectivity index (χ2v) is 1.45. The first-order chi connectivity index (χ1) is 3.80. The maximum Gasteiger partial charge on any atom is 0.164 e. The number of phenols is 1. The SMILES string of the molecule is Oc1ccccc1F.[B]. The van der Waals surface area contributed by atoms with Gasteiger partial charge in [0.1, 0.15) is 0 Å². The average molecular weight is 123 g/mol. The quantitative estimate of drug-likeness (QED) is 0.513. The normalized spacial score (nSPS) is 8.11. The standard InChI is InChI=1S/C6H5FO.B/c7-5-3-1-2-4-6(5)8;/h1-4,8H;. The van der Waals surface area contributed by atoms with Crippen molar-refractivity contribution in [3.8, 4) is 5.75 Å². The molecule has 0 spiro atoms. The molecule has 0 fully saturated rings. The van der Waals surface area contributed by atoms with E-state index >= 15 is 0 Å². The summed E-state index contributed by atoms with van der Waals surface area (Å²) in [5.74, 6) is -0.875. The zero-order chi connectivity index (χ0) is 5.98. The van der Waals surface area contributed by atoms with Crippen LogP contribution in [0.25, 0.3) is 0 Å². The lowest BCUT2D eigenvalue weighted by molar-refractivity contribution is 0.432. The molecular weight excluding hydrogens is 118 g/mol. The van der Waals surface area contributed by atoms with Crippen LogP contribution in [-0.4, -0.2) is 13.5 Å². The number of rotatable bonds is 0. The lowest BCUT2D eigenvalue weighted by Crippen LogP contribution is -1.70. The van der Waals surface area contributed by atoms with Crippen molar-refractivity contribution in [1.82, 2.24) is 0 Å². The van der Waals surface area contributed by atoms with Crippen LogP contribution in [0.2, 0.25) is 0 Å². The fraction of sp³-hybridized carbons (Fsp3) is 0. The van der Waals surface area contributed by atoms with Gasteiger partial charge in [-0.2, -0.15) is 0 Å². The molecule has 0 saturated carbocycles. The minimum Gasteiger partial charge on any atom is -0.505 e. The molecule has 0 aliphatic carbocycles. The fourth-order valence-electron chi connectivity index (χ4n) is 0.452. The van der Waals surface area contributed by atoms with E-state index in [9.17, 15) is 4.39 Å². The Morgan fingerprint density at radius 1 is 1.22 bits per heavy atom. The predicted molar refractivity (Wildman–Crippen MR) is 33.8 cm³/mol. The number of phenolic OH excluding ortho intramolecular Hbond substituents is 1. The molecule has 1 aromatic rings. The maximum absolute atomic E-state index is 12.1. The maximum atomic E-state index is 12.1. The van der Waals surface area contributed by atoms with Gasteiger partial charge in [-0.05, 0) is 12.1 Å². The zero-order valence-electron chi connectivity index (χ0n) is 4.71. The van der Waals surface area contributed by atoms with Gasteiger partial charge in [-0.1, -0.05) is 12.1 Å². The average Bonchev–Trinajstić information content (AvgIpc) is 1.77. The van der Waals surface area contributed by atoms with E-state index in [1.54, 1.807) is 6.07 Å². The smallest absolute Gasteiger partial charge is 0.164 e. The van der Waals surface area contributed by atoms with Crippen molar-refractivity contribution in [2.24, 2.45) is 0 Å². The van der Waals surface area contributed by atoms with Crippen LogP contribution >= 0.6 is 0 Å². The first kappa shape index (κ1) is 8.01. The Morgan fingerprint density at radius 3 is 2.11 bits per heavy atom. The Balaban J connectivity index is 0.000000640. The van der Waals surface area contributed by atoms with Gasteiger partial charge >= 0.3 is 0 Å². The summed E-state index contributed by atoms with van der Waals surface area (Å²) in [5.41, 5.74) is 0. The van der Waals surface area contributed by atoms with Crippen LogP contribution in [-0.2, 0) is 0 Å². The second kappa shape index (κ2) is 3.12. The van der Waals surface area contributed by atoms with Gasteiger partial charge in [0, 0.05) is 8.41 Å². The molecule has 0 aromatic heterocycles. The van der Waals surface area contributed by atoms with Crippen LogP contribution in [0.3, 0.4) is 0 Å². The molecule has 0 amide bonds. The molecule has 1 N–H and O–H groups in total. The van der Waals surface area contributed by atoms with Crippen molar-refractivity contribution >= 4 is 8.41 Å². The summed E-state index contributed by atoms with van der Waals surface area (Å²) >= 11 is 0. The van der Waals surface area contributed by atoms with Crippen LogP contribution in [0.4, 0.5) is 4.39 Å². The van der Waals surface area contributed by atoms with Gasteiger partial charge in [0.05, 0.1) is 0 Å². The first-order valence-electron chi connectivity index (χ1n) is 2.24. The minimum atomic E-state index is -0.576. The van der Waals surface area contributed by atoms with E-state index in [1.807, 2.05) is 0 Å². The van der Waals surface area contributed by atoms with Crippen molar-refractivity contribution in [3.63, 3.8) is 0 Å². The fourth-order valence-corrected chi connectivity index (χ4v) is 0.452. The first-order valence-corrected chi connectivity index (χ1v) is 2.24. The van der Waals surface area contributed by atoms with Crippen LogP contribution in [0.15, 0.2) is 24.3 Å².